The third kappa shape index (κ3) is 3.16. The first kappa shape index (κ1) is 11.9. The number of hydrogen-bond donors (Lipinski definition) is 0. The molecule has 0 unspecified atom stereocenters. The van der Waals surface area contributed by atoms with Crippen molar-refractivity contribution in [2.24, 2.45) is 0 Å². The summed E-state index contributed by atoms with van der Waals surface area (Å²) in [4.78, 5) is 14.7. The third-order valence-corrected chi connectivity index (χ3v) is 4.31. The lowest BCUT2D eigenvalue weighted by molar-refractivity contribution is 0.577. The molecule has 15 heavy (non-hydrogen) atoms. The number of aryl methyl sites for hydroxylation is 1. The summed E-state index contributed by atoms with van der Waals surface area (Å²) < 4.78 is 24.2. The van der Waals surface area contributed by atoms with Gasteiger partial charge in [0.15, 0.2) is 9.84 Å². The van der Waals surface area contributed by atoms with Gasteiger partial charge in [0.25, 0.3) is 0 Å². The fourth-order valence-corrected chi connectivity index (χ4v) is 1.94. The van der Waals surface area contributed by atoms with Crippen LogP contribution in [-0.4, -0.2) is 29.0 Å². The predicted molar refractivity (Wildman–Crippen MR) is 57.4 cm³/mol. The van der Waals surface area contributed by atoms with Gasteiger partial charge < -0.3 is 0 Å². The van der Waals surface area contributed by atoms with Gasteiger partial charge in [-0.25, -0.2) is 18.2 Å². The average molecular weight is 230 g/mol. The molecule has 0 spiro atoms. The highest BCUT2D eigenvalue weighted by atomic mass is 32.2. The highest BCUT2D eigenvalue weighted by Crippen LogP contribution is 2.00. The van der Waals surface area contributed by atoms with Crippen LogP contribution in [0.15, 0.2) is 23.3 Å². The van der Waals surface area contributed by atoms with Crippen LogP contribution < -0.4 is 5.69 Å². The van der Waals surface area contributed by atoms with Gasteiger partial charge in [0.2, 0.25) is 0 Å². The van der Waals surface area contributed by atoms with Crippen LogP contribution in [0.1, 0.15) is 13.8 Å². The molecule has 0 aliphatic carbocycles. The Kier molecular flexibility index (Phi) is 3.62. The molecular weight excluding hydrogens is 216 g/mol. The minimum Gasteiger partial charge on any atom is -0.298 e. The Bertz CT molecular complexity index is 476. The van der Waals surface area contributed by atoms with Crippen molar-refractivity contribution in [3.05, 3.63) is 28.9 Å². The molecule has 0 saturated heterocycles. The summed E-state index contributed by atoms with van der Waals surface area (Å²) in [6, 6.07) is 1.60. The maximum Gasteiger partial charge on any atom is 0.347 e. The SMILES string of the molecule is CC(C)S(=O)(=O)CCn1cccnc1=O. The molecule has 0 aliphatic rings. The van der Waals surface area contributed by atoms with Crippen molar-refractivity contribution in [3.8, 4) is 0 Å². The van der Waals surface area contributed by atoms with E-state index in [2.05, 4.69) is 4.98 Å². The number of nitrogens with zero attached hydrogens (tertiary/aromatic N) is 2. The Morgan fingerprint density at radius 1 is 1.47 bits per heavy atom. The predicted octanol–water partition coefficient (Wildman–Crippen LogP) is 0.0665. The maximum absolute atomic E-state index is 11.5. The van der Waals surface area contributed by atoms with Crippen LogP contribution in [0, 0.1) is 0 Å². The van der Waals surface area contributed by atoms with Crippen LogP contribution in [0.2, 0.25) is 0 Å². The van der Waals surface area contributed by atoms with Gasteiger partial charge in [0.05, 0.1) is 11.0 Å². The van der Waals surface area contributed by atoms with E-state index in [4.69, 9.17) is 0 Å². The van der Waals surface area contributed by atoms with Gasteiger partial charge in [0.1, 0.15) is 0 Å². The minimum absolute atomic E-state index is 0.0315. The Morgan fingerprint density at radius 3 is 2.67 bits per heavy atom. The Morgan fingerprint density at radius 2 is 2.13 bits per heavy atom. The topological polar surface area (TPSA) is 69.0 Å². The van der Waals surface area contributed by atoms with Crippen LogP contribution in [-0.2, 0) is 16.4 Å². The second-order valence-electron chi connectivity index (χ2n) is 3.51. The molecule has 0 aliphatic heterocycles. The van der Waals surface area contributed by atoms with E-state index >= 15 is 0 Å². The molecule has 0 aromatic carbocycles. The largest absolute Gasteiger partial charge is 0.347 e. The van der Waals surface area contributed by atoms with Crippen LogP contribution in [0.4, 0.5) is 0 Å². The molecule has 0 bridgehead atoms. The van der Waals surface area contributed by atoms with Gasteiger partial charge in [-0.05, 0) is 19.9 Å². The summed E-state index contributed by atoms with van der Waals surface area (Å²) in [6.45, 7) is 3.41. The number of sulfone groups is 1. The zero-order valence-corrected chi connectivity index (χ0v) is 9.57. The third-order valence-electron chi connectivity index (χ3n) is 2.12. The molecule has 0 amide bonds. The molecule has 0 N–H and O–H groups in total. The molecule has 0 atom stereocenters. The molecule has 1 heterocycles. The van der Waals surface area contributed by atoms with Crippen molar-refractivity contribution in [2.75, 3.05) is 5.75 Å². The van der Waals surface area contributed by atoms with Crippen LogP contribution >= 0.6 is 0 Å². The van der Waals surface area contributed by atoms with Crippen molar-refractivity contribution in [1.82, 2.24) is 9.55 Å². The van der Waals surface area contributed by atoms with Gasteiger partial charge in [0, 0.05) is 18.9 Å². The summed E-state index contributed by atoms with van der Waals surface area (Å²) in [5.74, 6) is -0.0315. The molecule has 1 aromatic rings. The van der Waals surface area contributed by atoms with Gasteiger partial charge in [-0.3, -0.25) is 4.57 Å². The minimum atomic E-state index is -3.10. The first-order valence-electron chi connectivity index (χ1n) is 4.66. The average Bonchev–Trinajstić information content (AvgIpc) is 2.16. The normalized spacial score (nSPS) is 11.9. The lowest BCUT2D eigenvalue weighted by atomic mass is 10.6. The summed E-state index contributed by atoms with van der Waals surface area (Å²) in [7, 11) is -3.10. The molecule has 6 heteroatoms. The first-order chi connectivity index (χ1) is 6.93. The molecule has 0 radical (unpaired) electrons. The van der Waals surface area contributed by atoms with E-state index in [1.165, 1.54) is 17.0 Å². The Balaban J connectivity index is 2.75. The first-order valence-corrected chi connectivity index (χ1v) is 6.38. The molecule has 5 nitrogen and oxygen atoms in total. The smallest absolute Gasteiger partial charge is 0.298 e. The highest BCUT2D eigenvalue weighted by molar-refractivity contribution is 7.91. The Labute approximate surface area is 88.7 Å². The standard InChI is InChI=1S/C9H14N2O3S/c1-8(2)15(13,14)7-6-11-5-3-4-10-9(11)12/h3-5,8H,6-7H2,1-2H3. The lowest BCUT2D eigenvalue weighted by Crippen LogP contribution is -2.27. The maximum atomic E-state index is 11.5. The lowest BCUT2D eigenvalue weighted by Gasteiger charge is -2.08. The van der Waals surface area contributed by atoms with Crippen LogP contribution in [0.3, 0.4) is 0 Å². The van der Waals surface area contributed by atoms with E-state index < -0.39 is 20.8 Å². The molecule has 0 saturated carbocycles. The second-order valence-corrected chi connectivity index (χ2v) is 6.19. The highest BCUT2D eigenvalue weighted by Gasteiger charge is 2.15. The van der Waals surface area contributed by atoms with Gasteiger partial charge in [-0.1, -0.05) is 0 Å². The molecule has 1 rings (SSSR count). The van der Waals surface area contributed by atoms with E-state index in [1.54, 1.807) is 19.9 Å². The van der Waals surface area contributed by atoms with Crippen molar-refractivity contribution < 1.29 is 8.42 Å². The Hall–Kier alpha value is -1.17. The molecule has 84 valence electrons. The van der Waals surface area contributed by atoms with E-state index in [0.29, 0.717) is 0 Å². The monoisotopic (exact) mass is 230 g/mol. The fraction of sp³-hybridized carbons (Fsp3) is 0.556. The van der Waals surface area contributed by atoms with Crippen molar-refractivity contribution in [2.45, 2.75) is 25.6 Å². The number of hydrogen-bond acceptors (Lipinski definition) is 4. The quantitative estimate of drug-likeness (QED) is 0.733. The zero-order valence-electron chi connectivity index (χ0n) is 8.75. The van der Waals surface area contributed by atoms with Gasteiger partial charge >= 0.3 is 5.69 Å². The van der Waals surface area contributed by atoms with Crippen molar-refractivity contribution in [1.29, 1.82) is 0 Å². The van der Waals surface area contributed by atoms with Crippen molar-refractivity contribution in [3.63, 3.8) is 0 Å². The van der Waals surface area contributed by atoms with E-state index in [1.807, 2.05) is 0 Å². The number of rotatable bonds is 4. The summed E-state index contributed by atoms with van der Waals surface area (Å²) in [5, 5.41) is -0.412. The second kappa shape index (κ2) is 4.57. The molecule has 0 fully saturated rings. The fourth-order valence-electron chi connectivity index (χ4n) is 1.02. The van der Waals surface area contributed by atoms with Crippen LogP contribution in [0.25, 0.3) is 0 Å². The number of aromatic nitrogens is 2. The van der Waals surface area contributed by atoms with Crippen molar-refractivity contribution >= 4 is 9.84 Å². The van der Waals surface area contributed by atoms with E-state index in [-0.39, 0.29) is 12.3 Å². The van der Waals surface area contributed by atoms with Gasteiger partial charge in [-0.15, -0.1) is 0 Å². The summed E-state index contributed by atoms with van der Waals surface area (Å²) in [6.07, 6.45) is 2.92. The van der Waals surface area contributed by atoms with Gasteiger partial charge in [-0.2, -0.15) is 0 Å². The zero-order chi connectivity index (χ0) is 11.5. The van der Waals surface area contributed by atoms with E-state index in [9.17, 15) is 13.2 Å². The molecular formula is C9H14N2O3S. The summed E-state index contributed by atoms with van der Waals surface area (Å²) in [5.41, 5.74) is -0.420. The van der Waals surface area contributed by atoms with Crippen LogP contribution in [0.5, 0.6) is 0 Å². The summed E-state index contributed by atoms with van der Waals surface area (Å²) >= 11 is 0. The molecule has 1 aromatic heterocycles. The van der Waals surface area contributed by atoms with E-state index in [0.717, 1.165) is 0 Å².